The summed E-state index contributed by atoms with van der Waals surface area (Å²) in [7, 11) is 0. The highest BCUT2D eigenvalue weighted by molar-refractivity contribution is 7.11. The highest BCUT2D eigenvalue weighted by Gasteiger charge is 2.43. The van der Waals surface area contributed by atoms with Gasteiger partial charge in [-0.25, -0.2) is 0 Å². The van der Waals surface area contributed by atoms with Crippen LogP contribution in [0.4, 0.5) is 0 Å². The highest BCUT2D eigenvalue weighted by Crippen LogP contribution is 2.43. The Kier molecular flexibility index (Phi) is 1.10. The number of hydrogen-bond donors (Lipinski definition) is 1. The molecule has 0 saturated heterocycles. The normalized spacial score (nSPS) is 21.0. The molecular weight excluding hydrogens is 146 g/mol. The largest absolute Gasteiger partial charge is 0.319 e. The first kappa shape index (κ1) is 6.24. The molecule has 1 aromatic heterocycles. The fraction of sp³-hybridized carbons (Fsp3) is 0.667. The standard InChI is InChI=1S/C6H9N3S/c1-4-8-9-5(10-4)6(7)2-3-6/h2-3,7H2,1H3. The van der Waals surface area contributed by atoms with Crippen molar-refractivity contribution >= 4 is 11.3 Å². The molecule has 1 aromatic rings. The monoisotopic (exact) mass is 155 g/mol. The van der Waals surface area contributed by atoms with Gasteiger partial charge in [-0.15, -0.1) is 10.2 Å². The molecule has 0 radical (unpaired) electrons. The smallest absolute Gasteiger partial charge is 0.137 e. The summed E-state index contributed by atoms with van der Waals surface area (Å²) < 4.78 is 0. The van der Waals surface area contributed by atoms with Gasteiger partial charge in [0.2, 0.25) is 0 Å². The molecule has 10 heavy (non-hydrogen) atoms. The van der Waals surface area contributed by atoms with Crippen LogP contribution < -0.4 is 5.73 Å². The lowest BCUT2D eigenvalue weighted by Gasteiger charge is -1.98. The van der Waals surface area contributed by atoms with Crippen LogP contribution in [0.1, 0.15) is 22.9 Å². The molecule has 0 aromatic carbocycles. The number of nitrogens with zero attached hydrogens (tertiary/aromatic N) is 2. The Morgan fingerprint density at radius 1 is 1.50 bits per heavy atom. The van der Waals surface area contributed by atoms with Crippen molar-refractivity contribution in [2.75, 3.05) is 0 Å². The van der Waals surface area contributed by atoms with Gasteiger partial charge in [-0.05, 0) is 19.8 Å². The Balaban J connectivity index is 2.34. The van der Waals surface area contributed by atoms with Crippen molar-refractivity contribution in [1.29, 1.82) is 0 Å². The highest BCUT2D eigenvalue weighted by atomic mass is 32.1. The quantitative estimate of drug-likeness (QED) is 0.652. The van der Waals surface area contributed by atoms with Crippen LogP contribution in [0, 0.1) is 6.92 Å². The summed E-state index contributed by atoms with van der Waals surface area (Å²) in [5.41, 5.74) is 5.80. The Hall–Kier alpha value is -0.480. The summed E-state index contributed by atoms with van der Waals surface area (Å²) in [5, 5.41) is 9.92. The third-order valence-electron chi connectivity index (χ3n) is 1.74. The van der Waals surface area contributed by atoms with Crippen LogP contribution in [0.5, 0.6) is 0 Å². The number of nitrogens with two attached hydrogens (primary N) is 1. The minimum atomic E-state index is -0.0913. The van der Waals surface area contributed by atoms with Crippen molar-refractivity contribution in [2.45, 2.75) is 25.3 Å². The molecule has 0 amide bonds. The fourth-order valence-electron chi connectivity index (χ4n) is 0.846. The van der Waals surface area contributed by atoms with Gasteiger partial charge in [0.1, 0.15) is 10.0 Å². The molecule has 3 nitrogen and oxygen atoms in total. The molecule has 2 N–H and O–H groups in total. The van der Waals surface area contributed by atoms with Gasteiger partial charge in [-0.3, -0.25) is 0 Å². The van der Waals surface area contributed by atoms with Crippen LogP contribution in [0.15, 0.2) is 0 Å². The average Bonchev–Trinajstić information content (AvgIpc) is 2.45. The Morgan fingerprint density at radius 2 is 2.20 bits per heavy atom. The molecule has 0 atom stereocenters. The summed E-state index contributed by atoms with van der Waals surface area (Å²) in [6.45, 7) is 1.95. The van der Waals surface area contributed by atoms with E-state index in [1.807, 2.05) is 6.92 Å². The molecule has 4 heteroatoms. The predicted octanol–water partition coefficient (Wildman–Crippen LogP) is 0.794. The van der Waals surface area contributed by atoms with Crippen LogP contribution in [-0.2, 0) is 5.54 Å². The van der Waals surface area contributed by atoms with Crippen molar-refractivity contribution < 1.29 is 0 Å². The molecule has 1 fully saturated rings. The lowest BCUT2D eigenvalue weighted by Crippen LogP contribution is -2.18. The number of aromatic nitrogens is 2. The first-order chi connectivity index (χ1) is 4.71. The minimum absolute atomic E-state index is 0.0913. The van der Waals surface area contributed by atoms with E-state index in [0.29, 0.717) is 0 Å². The summed E-state index contributed by atoms with van der Waals surface area (Å²) in [4.78, 5) is 0. The maximum absolute atomic E-state index is 5.89. The van der Waals surface area contributed by atoms with E-state index in [1.54, 1.807) is 11.3 Å². The van der Waals surface area contributed by atoms with Gasteiger partial charge in [-0.1, -0.05) is 11.3 Å². The van der Waals surface area contributed by atoms with Crippen LogP contribution >= 0.6 is 11.3 Å². The number of aryl methyl sites for hydroxylation is 1. The third-order valence-corrected chi connectivity index (χ3v) is 2.80. The van der Waals surface area contributed by atoms with Crippen molar-refractivity contribution in [3.05, 3.63) is 10.0 Å². The van der Waals surface area contributed by atoms with Crippen LogP contribution in [-0.4, -0.2) is 10.2 Å². The number of hydrogen-bond acceptors (Lipinski definition) is 4. The molecule has 1 aliphatic carbocycles. The van der Waals surface area contributed by atoms with Gasteiger partial charge in [0.05, 0.1) is 5.54 Å². The lowest BCUT2D eigenvalue weighted by molar-refractivity contribution is 0.715. The van der Waals surface area contributed by atoms with Crippen LogP contribution in [0.25, 0.3) is 0 Å². The van der Waals surface area contributed by atoms with Gasteiger partial charge in [0.15, 0.2) is 0 Å². The molecular formula is C6H9N3S. The van der Waals surface area contributed by atoms with E-state index >= 15 is 0 Å². The maximum atomic E-state index is 5.89. The molecule has 0 bridgehead atoms. The molecule has 2 rings (SSSR count). The number of rotatable bonds is 1. The molecule has 54 valence electrons. The third kappa shape index (κ3) is 0.839. The summed E-state index contributed by atoms with van der Waals surface area (Å²) >= 11 is 1.61. The Morgan fingerprint density at radius 3 is 2.60 bits per heavy atom. The first-order valence-electron chi connectivity index (χ1n) is 3.30. The van der Waals surface area contributed by atoms with Gasteiger partial charge in [0, 0.05) is 0 Å². The van der Waals surface area contributed by atoms with E-state index in [4.69, 9.17) is 5.73 Å². The fourth-order valence-corrected chi connectivity index (χ4v) is 1.70. The van der Waals surface area contributed by atoms with Gasteiger partial charge in [0.25, 0.3) is 0 Å². The second-order valence-electron chi connectivity index (χ2n) is 2.78. The first-order valence-corrected chi connectivity index (χ1v) is 4.12. The zero-order valence-corrected chi connectivity index (χ0v) is 6.61. The van der Waals surface area contributed by atoms with Gasteiger partial charge < -0.3 is 5.73 Å². The molecule has 1 aliphatic rings. The molecule has 0 spiro atoms. The van der Waals surface area contributed by atoms with E-state index in [-0.39, 0.29) is 5.54 Å². The topological polar surface area (TPSA) is 51.8 Å². The predicted molar refractivity (Wildman–Crippen MR) is 39.7 cm³/mol. The van der Waals surface area contributed by atoms with E-state index < -0.39 is 0 Å². The van der Waals surface area contributed by atoms with Crippen molar-refractivity contribution in [3.63, 3.8) is 0 Å². The SMILES string of the molecule is Cc1nnc(C2(N)CC2)s1. The molecule has 1 heterocycles. The van der Waals surface area contributed by atoms with E-state index in [1.165, 1.54) is 0 Å². The lowest BCUT2D eigenvalue weighted by atomic mass is 10.3. The van der Waals surface area contributed by atoms with E-state index in [9.17, 15) is 0 Å². The Bertz CT molecular complexity index is 251. The zero-order chi connectivity index (χ0) is 7.19. The second kappa shape index (κ2) is 1.77. The average molecular weight is 155 g/mol. The molecule has 0 unspecified atom stereocenters. The van der Waals surface area contributed by atoms with Crippen molar-refractivity contribution in [2.24, 2.45) is 5.73 Å². The maximum Gasteiger partial charge on any atom is 0.137 e. The zero-order valence-electron chi connectivity index (χ0n) is 5.79. The summed E-state index contributed by atoms with van der Waals surface area (Å²) in [6, 6.07) is 0. The van der Waals surface area contributed by atoms with Crippen molar-refractivity contribution in [1.82, 2.24) is 10.2 Å². The van der Waals surface area contributed by atoms with Crippen LogP contribution in [0.3, 0.4) is 0 Å². The molecule has 0 aliphatic heterocycles. The van der Waals surface area contributed by atoms with Crippen molar-refractivity contribution in [3.8, 4) is 0 Å². The van der Waals surface area contributed by atoms with Gasteiger partial charge >= 0.3 is 0 Å². The van der Waals surface area contributed by atoms with Crippen LogP contribution in [0.2, 0.25) is 0 Å². The second-order valence-corrected chi connectivity index (χ2v) is 3.96. The summed E-state index contributed by atoms with van der Waals surface area (Å²) in [5.74, 6) is 0. The molecule has 1 saturated carbocycles. The van der Waals surface area contributed by atoms with E-state index in [0.717, 1.165) is 22.9 Å². The van der Waals surface area contributed by atoms with Gasteiger partial charge in [-0.2, -0.15) is 0 Å². The minimum Gasteiger partial charge on any atom is -0.319 e. The van der Waals surface area contributed by atoms with E-state index in [2.05, 4.69) is 10.2 Å². The Labute approximate surface area is 63.3 Å². The summed E-state index contributed by atoms with van der Waals surface area (Å²) in [6.07, 6.45) is 2.14.